The standard InChI is InChI=1S/C19H20ClN5/c1-14-9-10-16(20)12-17(14)23-19-24-18(13-22-25-19)21-11-5-8-15-6-3-2-4-7-15/h2-4,6-7,9-10,12-13H,5,8,11H2,1H3,(H2,21,23,24,25). The van der Waals surface area contributed by atoms with E-state index in [1.165, 1.54) is 5.56 Å². The molecule has 3 rings (SSSR count). The Balaban J connectivity index is 1.55. The van der Waals surface area contributed by atoms with Crippen LogP contribution >= 0.6 is 11.6 Å². The van der Waals surface area contributed by atoms with Gasteiger partial charge in [0.15, 0.2) is 5.82 Å². The van der Waals surface area contributed by atoms with Gasteiger partial charge in [-0.25, -0.2) is 0 Å². The van der Waals surface area contributed by atoms with Crippen LogP contribution in [0.3, 0.4) is 0 Å². The number of rotatable bonds is 7. The summed E-state index contributed by atoms with van der Waals surface area (Å²) < 4.78 is 0. The summed E-state index contributed by atoms with van der Waals surface area (Å²) in [7, 11) is 0. The maximum absolute atomic E-state index is 6.04. The third-order valence-corrected chi connectivity index (χ3v) is 4.03. The summed E-state index contributed by atoms with van der Waals surface area (Å²) in [6.45, 7) is 2.82. The number of nitrogens with zero attached hydrogens (tertiary/aromatic N) is 3. The lowest BCUT2D eigenvalue weighted by Gasteiger charge is -2.10. The molecule has 25 heavy (non-hydrogen) atoms. The molecule has 0 saturated heterocycles. The molecule has 0 fully saturated rings. The molecule has 0 radical (unpaired) electrons. The van der Waals surface area contributed by atoms with Gasteiger partial charge in [-0.15, -0.1) is 5.10 Å². The first-order valence-electron chi connectivity index (χ1n) is 8.21. The predicted octanol–water partition coefficient (Wildman–Crippen LogP) is 4.62. The molecule has 0 aliphatic carbocycles. The number of hydrogen-bond donors (Lipinski definition) is 2. The van der Waals surface area contributed by atoms with Gasteiger partial charge in [-0.2, -0.15) is 10.1 Å². The van der Waals surface area contributed by atoms with Gasteiger partial charge in [0.25, 0.3) is 0 Å². The van der Waals surface area contributed by atoms with Gasteiger partial charge in [-0.05, 0) is 43.0 Å². The van der Waals surface area contributed by atoms with Crippen LogP contribution in [0, 0.1) is 6.92 Å². The Morgan fingerprint density at radius 3 is 2.76 bits per heavy atom. The summed E-state index contributed by atoms with van der Waals surface area (Å²) >= 11 is 6.04. The molecule has 0 saturated carbocycles. The van der Waals surface area contributed by atoms with E-state index in [4.69, 9.17) is 11.6 Å². The number of halogens is 1. The van der Waals surface area contributed by atoms with Gasteiger partial charge in [-0.3, -0.25) is 0 Å². The van der Waals surface area contributed by atoms with Crippen LogP contribution in [-0.4, -0.2) is 21.7 Å². The highest BCUT2D eigenvalue weighted by Crippen LogP contribution is 2.22. The molecule has 2 aromatic carbocycles. The van der Waals surface area contributed by atoms with E-state index < -0.39 is 0 Å². The maximum atomic E-state index is 6.04. The van der Waals surface area contributed by atoms with Crippen LogP contribution < -0.4 is 10.6 Å². The maximum Gasteiger partial charge on any atom is 0.249 e. The van der Waals surface area contributed by atoms with Crippen molar-refractivity contribution >= 4 is 29.1 Å². The van der Waals surface area contributed by atoms with Gasteiger partial charge in [0.05, 0.1) is 6.20 Å². The van der Waals surface area contributed by atoms with E-state index in [2.05, 4.69) is 50.1 Å². The third kappa shape index (κ3) is 5.16. The Morgan fingerprint density at radius 2 is 1.92 bits per heavy atom. The lowest BCUT2D eigenvalue weighted by molar-refractivity contribution is 0.853. The summed E-state index contributed by atoms with van der Waals surface area (Å²) in [6, 6.07) is 16.1. The molecule has 3 aromatic rings. The normalized spacial score (nSPS) is 10.5. The summed E-state index contributed by atoms with van der Waals surface area (Å²) in [5, 5.41) is 15.1. The summed E-state index contributed by atoms with van der Waals surface area (Å²) in [6.07, 6.45) is 3.67. The second-order valence-electron chi connectivity index (χ2n) is 5.77. The second-order valence-corrected chi connectivity index (χ2v) is 6.20. The van der Waals surface area contributed by atoms with E-state index in [0.717, 1.165) is 30.6 Å². The number of aromatic nitrogens is 3. The minimum Gasteiger partial charge on any atom is -0.369 e. The zero-order valence-corrected chi connectivity index (χ0v) is 14.8. The van der Waals surface area contributed by atoms with Crippen molar-refractivity contribution < 1.29 is 0 Å². The minimum absolute atomic E-state index is 0.443. The van der Waals surface area contributed by atoms with Crippen LogP contribution in [-0.2, 0) is 6.42 Å². The fourth-order valence-corrected chi connectivity index (χ4v) is 2.62. The molecular formula is C19H20ClN5. The van der Waals surface area contributed by atoms with Crippen LogP contribution in [0.25, 0.3) is 0 Å². The Morgan fingerprint density at radius 1 is 1.08 bits per heavy atom. The average Bonchev–Trinajstić information content (AvgIpc) is 2.63. The molecule has 6 heteroatoms. The monoisotopic (exact) mass is 353 g/mol. The molecule has 1 aromatic heterocycles. The van der Waals surface area contributed by atoms with Gasteiger partial charge in [-0.1, -0.05) is 48.0 Å². The van der Waals surface area contributed by atoms with Gasteiger partial charge in [0, 0.05) is 17.3 Å². The van der Waals surface area contributed by atoms with E-state index in [-0.39, 0.29) is 0 Å². The summed E-state index contributed by atoms with van der Waals surface area (Å²) in [4.78, 5) is 4.44. The van der Waals surface area contributed by atoms with Crippen molar-refractivity contribution in [3.05, 3.63) is 70.9 Å². The summed E-state index contributed by atoms with van der Waals surface area (Å²) in [5.74, 6) is 1.14. The molecule has 5 nitrogen and oxygen atoms in total. The first-order valence-corrected chi connectivity index (χ1v) is 8.59. The lowest BCUT2D eigenvalue weighted by atomic mass is 10.1. The number of nitrogens with one attached hydrogen (secondary N) is 2. The Hall–Kier alpha value is -2.66. The molecule has 0 aliphatic heterocycles. The Bertz CT molecular complexity index is 823. The van der Waals surface area contributed by atoms with E-state index in [1.807, 2.05) is 31.2 Å². The highest BCUT2D eigenvalue weighted by atomic mass is 35.5. The first-order chi connectivity index (χ1) is 12.2. The fourth-order valence-electron chi connectivity index (χ4n) is 2.44. The number of benzene rings is 2. The number of anilines is 3. The van der Waals surface area contributed by atoms with Crippen LogP contribution in [0.5, 0.6) is 0 Å². The fraction of sp³-hybridized carbons (Fsp3) is 0.211. The van der Waals surface area contributed by atoms with Crippen molar-refractivity contribution in [2.75, 3.05) is 17.2 Å². The molecule has 0 spiro atoms. The minimum atomic E-state index is 0.443. The van der Waals surface area contributed by atoms with Crippen molar-refractivity contribution in [3.8, 4) is 0 Å². The molecule has 0 aliphatic rings. The van der Waals surface area contributed by atoms with Gasteiger partial charge in [0.2, 0.25) is 5.95 Å². The van der Waals surface area contributed by atoms with E-state index in [1.54, 1.807) is 6.20 Å². The smallest absolute Gasteiger partial charge is 0.249 e. The van der Waals surface area contributed by atoms with Crippen LogP contribution in [0.2, 0.25) is 5.02 Å². The SMILES string of the molecule is Cc1ccc(Cl)cc1Nc1nncc(NCCCc2ccccc2)n1. The van der Waals surface area contributed by atoms with Crippen LogP contribution in [0.15, 0.2) is 54.7 Å². The van der Waals surface area contributed by atoms with Crippen molar-refractivity contribution in [1.29, 1.82) is 0 Å². The van der Waals surface area contributed by atoms with Crippen molar-refractivity contribution in [2.45, 2.75) is 19.8 Å². The molecule has 0 unspecified atom stereocenters. The Labute approximate surface area is 152 Å². The van der Waals surface area contributed by atoms with Crippen LogP contribution in [0.4, 0.5) is 17.5 Å². The lowest BCUT2D eigenvalue weighted by Crippen LogP contribution is -2.08. The topological polar surface area (TPSA) is 62.7 Å². The molecular weight excluding hydrogens is 334 g/mol. The zero-order chi connectivity index (χ0) is 17.5. The van der Waals surface area contributed by atoms with Crippen LogP contribution in [0.1, 0.15) is 17.5 Å². The number of aryl methyl sites for hydroxylation is 2. The van der Waals surface area contributed by atoms with Gasteiger partial charge >= 0.3 is 0 Å². The summed E-state index contributed by atoms with van der Waals surface area (Å²) in [5.41, 5.74) is 3.27. The van der Waals surface area contributed by atoms with Gasteiger partial charge in [0.1, 0.15) is 0 Å². The van der Waals surface area contributed by atoms with Gasteiger partial charge < -0.3 is 10.6 Å². The number of hydrogen-bond acceptors (Lipinski definition) is 5. The molecule has 0 amide bonds. The predicted molar refractivity (Wildman–Crippen MR) is 103 cm³/mol. The molecule has 2 N–H and O–H groups in total. The first kappa shape index (κ1) is 17.2. The molecule has 1 heterocycles. The van der Waals surface area contributed by atoms with Crippen molar-refractivity contribution in [2.24, 2.45) is 0 Å². The second kappa shape index (κ2) is 8.44. The molecule has 0 bridgehead atoms. The van der Waals surface area contributed by atoms with E-state index in [9.17, 15) is 0 Å². The largest absolute Gasteiger partial charge is 0.369 e. The van der Waals surface area contributed by atoms with Crippen molar-refractivity contribution in [3.63, 3.8) is 0 Å². The zero-order valence-electron chi connectivity index (χ0n) is 14.0. The van der Waals surface area contributed by atoms with E-state index >= 15 is 0 Å². The molecule has 0 atom stereocenters. The van der Waals surface area contributed by atoms with Crippen molar-refractivity contribution in [1.82, 2.24) is 15.2 Å². The van der Waals surface area contributed by atoms with E-state index in [0.29, 0.717) is 16.8 Å². The average molecular weight is 354 g/mol. The molecule has 128 valence electrons. The Kier molecular flexibility index (Phi) is 5.80. The quantitative estimate of drug-likeness (QED) is 0.607. The highest BCUT2D eigenvalue weighted by molar-refractivity contribution is 6.30. The third-order valence-electron chi connectivity index (χ3n) is 3.80. The highest BCUT2D eigenvalue weighted by Gasteiger charge is 2.04.